The Bertz CT molecular complexity index is 1320. The van der Waals surface area contributed by atoms with Crippen molar-refractivity contribution in [1.29, 1.82) is 0 Å². The maximum absolute atomic E-state index is 13.5. The van der Waals surface area contributed by atoms with Gasteiger partial charge in [-0.1, -0.05) is 50.2 Å². The minimum absolute atomic E-state index is 0.0220. The molecule has 2 amide bonds. The van der Waals surface area contributed by atoms with E-state index in [0.717, 1.165) is 19.8 Å². The van der Waals surface area contributed by atoms with Crippen molar-refractivity contribution >= 4 is 36.8 Å². The zero-order chi connectivity index (χ0) is 31.7. The van der Waals surface area contributed by atoms with E-state index in [2.05, 4.69) is 20.4 Å². The molecule has 1 aliphatic heterocycles. The van der Waals surface area contributed by atoms with E-state index in [1.165, 1.54) is 13.0 Å². The van der Waals surface area contributed by atoms with E-state index in [1.54, 1.807) is 12.1 Å². The zero-order valence-electron chi connectivity index (χ0n) is 24.7. The van der Waals surface area contributed by atoms with E-state index in [1.807, 2.05) is 44.2 Å². The summed E-state index contributed by atoms with van der Waals surface area (Å²) in [4.78, 5) is 68.5. The van der Waals surface area contributed by atoms with Crippen molar-refractivity contribution in [3.05, 3.63) is 54.2 Å². The molecule has 1 aliphatic rings. The molecule has 2 aromatic rings. The third-order valence-corrected chi connectivity index (χ3v) is 6.72. The lowest BCUT2D eigenvalue weighted by atomic mass is 9.70. The number of nitrogens with one attached hydrogen (secondary N) is 2. The average Bonchev–Trinajstić information content (AvgIpc) is 2.98. The summed E-state index contributed by atoms with van der Waals surface area (Å²) in [5.41, 5.74) is -0.695. The van der Waals surface area contributed by atoms with Gasteiger partial charge in [0.2, 0.25) is 5.91 Å². The van der Waals surface area contributed by atoms with E-state index in [4.69, 9.17) is 14.0 Å². The molecule has 14 heteroatoms. The number of amides is 2. The first-order chi connectivity index (χ1) is 20.4. The number of carbonyl (C=O) groups is 5. The van der Waals surface area contributed by atoms with Crippen LogP contribution in [-0.2, 0) is 38.0 Å². The highest BCUT2D eigenvalue weighted by molar-refractivity contribution is 6.50. The van der Waals surface area contributed by atoms with E-state index >= 15 is 0 Å². The molecule has 0 aliphatic carbocycles. The number of aromatic nitrogens is 1. The van der Waals surface area contributed by atoms with E-state index in [0.29, 0.717) is 5.69 Å². The molecular weight excluding hydrogens is 561 g/mol. The fraction of sp³-hybridized carbons (Fsp3) is 0.448. The number of carbonyl (C=O) groups excluding carboxylic acids is 5. The predicted octanol–water partition coefficient (Wildman–Crippen LogP) is 1.22. The molecule has 3 N–H and O–H groups in total. The Morgan fingerprint density at radius 1 is 1.02 bits per heavy atom. The summed E-state index contributed by atoms with van der Waals surface area (Å²) in [7, 11) is 0.685. The second-order valence-electron chi connectivity index (χ2n) is 10.6. The van der Waals surface area contributed by atoms with Gasteiger partial charge in [0.25, 0.3) is 11.9 Å². The van der Waals surface area contributed by atoms with Crippen LogP contribution in [0.4, 0.5) is 0 Å². The molecule has 1 saturated heterocycles. The van der Waals surface area contributed by atoms with Crippen LogP contribution in [0, 0.1) is 5.92 Å². The standard InChI is InChI=1S/C29H36BN3O10/c1-17(2)14-22(30-42-24(36)16-29(43-30,28(39)41-5)15-23(35)40-4)32-27(38)25(18(3)34)33-26(37)21-13-9-12-20(31-21)19-10-7-6-8-11-19/h6-13,17-18,22,25,34H,14-16H2,1-5H3,(H,32,38)(H,33,37)/t18-,22+,25+,29+/m1/s1. The molecule has 0 spiro atoms. The number of rotatable bonds is 12. The smallest absolute Gasteiger partial charge is 0.508 e. The SMILES string of the molecule is COC(=O)C[C@@]1(C(=O)OC)CC(=O)OB([C@H](CC(C)C)NC(=O)[C@@H](NC(=O)c2cccc(-c3ccccc3)n2)[C@@H](C)O)O1. The third-order valence-electron chi connectivity index (χ3n) is 6.72. The van der Waals surface area contributed by atoms with Crippen molar-refractivity contribution in [2.75, 3.05) is 14.2 Å². The number of benzene rings is 1. The van der Waals surface area contributed by atoms with Gasteiger partial charge < -0.3 is 34.5 Å². The summed E-state index contributed by atoms with van der Waals surface area (Å²) in [5, 5.41) is 15.6. The van der Waals surface area contributed by atoms with Crippen LogP contribution in [-0.4, -0.2) is 84.8 Å². The molecule has 3 rings (SSSR count). The van der Waals surface area contributed by atoms with Gasteiger partial charge in [-0.25, -0.2) is 9.78 Å². The van der Waals surface area contributed by atoms with Crippen LogP contribution in [0.1, 0.15) is 50.5 Å². The van der Waals surface area contributed by atoms with E-state index in [9.17, 15) is 29.1 Å². The van der Waals surface area contributed by atoms with Gasteiger partial charge in [-0.05, 0) is 31.4 Å². The fourth-order valence-electron chi connectivity index (χ4n) is 4.61. The Hall–Kier alpha value is -4.30. The Morgan fingerprint density at radius 3 is 2.33 bits per heavy atom. The minimum Gasteiger partial charge on any atom is -0.508 e. The number of ether oxygens (including phenoxy) is 2. The first-order valence-corrected chi connectivity index (χ1v) is 13.7. The van der Waals surface area contributed by atoms with Crippen LogP contribution in [0.25, 0.3) is 11.3 Å². The Labute approximate surface area is 249 Å². The Balaban J connectivity index is 1.83. The largest absolute Gasteiger partial charge is 0.552 e. The molecule has 13 nitrogen and oxygen atoms in total. The molecule has 1 aromatic carbocycles. The molecule has 0 bridgehead atoms. The van der Waals surface area contributed by atoms with Crippen molar-refractivity contribution in [1.82, 2.24) is 15.6 Å². The molecule has 0 saturated carbocycles. The highest BCUT2D eigenvalue weighted by atomic mass is 16.7. The second kappa shape index (κ2) is 14.7. The third kappa shape index (κ3) is 8.61. The zero-order valence-corrected chi connectivity index (χ0v) is 24.7. The van der Waals surface area contributed by atoms with Crippen molar-refractivity contribution in [3.63, 3.8) is 0 Å². The summed E-state index contributed by atoms with van der Waals surface area (Å²) in [5.74, 6) is -5.32. The van der Waals surface area contributed by atoms with E-state index < -0.39 is 73.4 Å². The molecular formula is C29H36BN3O10. The summed E-state index contributed by atoms with van der Waals surface area (Å²) in [6, 6.07) is 12.6. The molecule has 1 aromatic heterocycles. The molecule has 230 valence electrons. The molecule has 2 heterocycles. The van der Waals surface area contributed by atoms with Gasteiger partial charge in [-0.2, -0.15) is 0 Å². The maximum atomic E-state index is 13.5. The van der Waals surface area contributed by atoms with Crippen molar-refractivity contribution < 1.29 is 47.9 Å². The number of aliphatic hydroxyl groups excluding tert-OH is 1. The van der Waals surface area contributed by atoms with Crippen LogP contribution in [0.5, 0.6) is 0 Å². The number of hydrogen-bond acceptors (Lipinski definition) is 11. The normalized spacial score (nSPS) is 18.6. The van der Waals surface area contributed by atoms with Gasteiger partial charge in [0.1, 0.15) is 11.7 Å². The van der Waals surface area contributed by atoms with Gasteiger partial charge in [-0.3, -0.25) is 19.2 Å². The summed E-state index contributed by atoms with van der Waals surface area (Å²) in [6.07, 6.45) is -2.40. The Morgan fingerprint density at radius 2 is 1.72 bits per heavy atom. The highest BCUT2D eigenvalue weighted by Crippen LogP contribution is 2.31. The number of nitrogens with zero attached hydrogens (tertiary/aromatic N) is 1. The number of esters is 2. The van der Waals surface area contributed by atoms with Gasteiger partial charge in [0.15, 0.2) is 5.60 Å². The fourth-order valence-corrected chi connectivity index (χ4v) is 4.61. The predicted molar refractivity (Wildman–Crippen MR) is 153 cm³/mol. The summed E-state index contributed by atoms with van der Waals surface area (Å²) in [6.45, 7) is 5.00. The van der Waals surface area contributed by atoms with Gasteiger partial charge in [0.05, 0.1) is 44.8 Å². The minimum atomic E-state index is -2.05. The highest BCUT2D eigenvalue weighted by Gasteiger charge is 2.55. The van der Waals surface area contributed by atoms with Crippen LogP contribution in [0.3, 0.4) is 0 Å². The van der Waals surface area contributed by atoms with Crippen LogP contribution in [0.15, 0.2) is 48.5 Å². The molecule has 1 fully saturated rings. The van der Waals surface area contributed by atoms with Crippen molar-refractivity contribution in [3.8, 4) is 11.3 Å². The van der Waals surface area contributed by atoms with Crippen LogP contribution < -0.4 is 10.6 Å². The summed E-state index contributed by atoms with van der Waals surface area (Å²) >= 11 is 0. The van der Waals surface area contributed by atoms with Crippen molar-refractivity contribution in [2.45, 2.75) is 63.7 Å². The lowest BCUT2D eigenvalue weighted by molar-refractivity contribution is -0.178. The lowest BCUT2D eigenvalue weighted by Crippen LogP contribution is -2.63. The average molecular weight is 597 g/mol. The first kappa shape index (κ1) is 33.2. The Kier molecular flexibility index (Phi) is 11.4. The van der Waals surface area contributed by atoms with Gasteiger partial charge in [-0.15, -0.1) is 0 Å². The van der Waals surface area contributed by atoms with Crippen LogP contribution in [0.2, 0.25) is 0 Å². The first-order valence-electron chi connectivity index (χ1n) is 13.7. The number of hydrogen-bond donors (Lipinski definition) is 3. The molecule has 0 unspecified atom stereocenters. The molecule has 43 heavy (non-hydrogen) atoms. The topological polar surface area (TPSA) is 179 Å². The number of pyridine rings is 1. The second-order valence-corrected chi connectivity index (χ2v) is 10.6. The quantitative estimate of drug-likeness (QED) is 0.237. The van der Waals surface area contributed by atoms with Gasteiger partial charge in [0, 0.05) is 5.56 Å². The monoisotopic (exact) mass is 597 g/mol. The molecule has 0 radical (unpaired) electrons. The number of aliphatic hydroxyl groups is 1. The summed E-state index contributed by atoms with van der Waals surface area (Å²) < 4.78 is 20.7. The molecule has 4 atom stereocenters. The van der Waals surface area contributed by atoms with E-state index in [-0.39, 0.29) is 18.0 Å². The maximum Gasteiger partial charge on any atom is 0.552 e. The lowest BCUT2D eigenvalue weighted by Gasteiger charge is -2.39. The van der Waals surface area contributed by atoms with Crippen molar-refractivity contribution in [2.24, 2.45) is 5.92 Å². The number of methoxy groups -OCH3 is 2. The van der Waals surface area contributed by atoms with Crippen LogP contribution >= 0.6 is 0 Å². The van der Waals surface area contributed by atoms with Gasteiger partial charge >= 0.3 is 19.1 Å².